The molecule has 2 fully saturated rings. The molecule has 0 radical (unpaired) electrons. The lowest BCUT2D eigenvalue weighted by molar-refractivity contribution is -0.144. The summed E-state index contributed by atoms with van der Waals surface area (Å²) in [5.74, 6) is -0.614. The van der Waals surface area contributed by atoms with Gasteiger partial charge in [0.2, 0.25) is 10.0 Å². The van der Waals surface area contributed by atoms with Crippen molar-refractivity contribution in [1.29, 1.82) is 0 Å². The van der Waals surface area contributed by atoms with Gasteiger partial charge in [-0.2, -0.15) is 4.31 Å². The van der Waals surface area contributed by atoms with Crippen LogP contribution in [-0.2, 0) is 19.6 Å². The Morgan fingerprint density at radius 3 is 2.45 bits per heavy atom. The Morgan fingerprint density at radius 2 is 1.85 bits per heavy atom. The molecule has 2 saturated heterocycles. The Hall–Kier alpha value is -1.40. The molecule has 0 aromatic heterocycles. The smallest absolute Gasteiger partial charge is 0.311 e. The third-order valence-corrected chi connectivity index (χ3v) is 6.04. The van der Waals surface area contributed by atoms with Crippen LogP contribution in [0.1, 0.15) is 12.5 Å². The number of benzene rings is 1. The minimum absolute atomic E-state index is 0.0253. The highest BCUT2D eigenvalue weighted by Gasteiger charge is 2.51. The molecule has 0 aliphatic carbocycles. The van der Waals surface area contributed by atoms with Gasteiger partial charge in [0.25, 0.3) is 0 Å². The van der Waals surface area contributed by atoms with E-state index in [-0.39, 0.29) is 35.3 Å². The molecule has 0 spiro atoms. The van der Waals surface area contributed by atoms with Crippen LogP contribution in [0.4, 0.5) is 0 Å². The molecule has 6 heteroatoms. The predicted molar refractivity (Wildman–Crippen MR) is 72.5 cm³/mol. The zero-order valence-corrected chi connectivity index (χ0v) is 12.3. The van der Waals surface area contributed by atoms with Crippen molar-refractivity contribution in [3.05, 3.63) is 29.8 Å². The van der Waals surface area contributed by atoms with Gasteiger partial charge in [-0.15, -0.1) is 0 Å². The van der Waals surface area contributed by atoms with Crippen LogP contribution in [0.5, 0.6) is 0 Å². The van der Waals surface area contributed by atoms with E-state index in [9.17, 15) is 13.2 Å². The van der Waals surface area contributed by atoms with Crippen molar-refractivity contribution in [3.63, 3.8) is 0 Å². The first-order valence-electron chi connectivity index (χ1n) is 6.67. The highest BCUT2D eigenvalue weighted by atomic mass is 32.2. The van der Waals surface area contributed by atoms with E-state index in [1.54, 1.807) is 24.3 Å². The van der Waals surface area contributed by atoms with Crippen molar-refractivity contribution in [1.82, 2.24) is 4.31 Å². The average molecular weight is 295 g/mol. The van der Waals surface area contributed by atoms with Gasteiger partial charge >= 0.3 is 5.97 Å². The molecule has 0 amide bonds. The van der Waals surface area contributed by atoms with Gasteiger partial charge in [-0.25, -0.2) is 8.42 Å². The van der Waals surface area contributed by atoms with Crippen molar-refractivity contribution in [2.75, 3.05) is 13.1 Å². The largest absolute Gasteiger partial charge is 0.462 e. The number of aryl methyl sites for hydroxylation is 1. The number of cyclic esters (lactones) is 1. The Labute approximate surface area is 118 Å². The van der Waals surface area contributed by atoms with Crippen molar-refractivity contribution in [3.8, 4) is 0 Å². The summed E-state index contributed by atoms with van der Waals surface area (Å²) in [4.78, 5) is 12.0. The maximum absolute atomic E-state index is 12.6. The maximum Gasteiger partial charge on any atom is 0.311 e. The number of esters is 1. The molecule has 0 bridgehead atoms. The van der Waals surface area contributed by atoms with Crippen LogP contribution < -0.4 is 0 Å². The van der Waals surface area contributed by atoms with Gasteiger partial charge in [-0.1, -0.05) is 17.7 Å². The summed E-state index contributed by atoms with van der Waals surface area (Å²) in [6, 6.07) is 6.78. The van der Waals surface area contributed by atoms with E-state index in [0.29, 0.717) is 6.54 Å². The summed E-state index contributed by atoms with van der Waals surface area (Å²) < 4.78 is 31.7. The third kappa shape index (κ3) is 2.03. The second kappa shape index (κ2) is 4.56. The van der Waals surface area contributed by atoms with Crippen LogP contribution in [-0.4, -0.2) is 37.9 Å². The highest BCUT2D eigenvalue weighted by Crippen LogP contribution is 2.37. The van der Waals surface area contributed by atoms with E-state index in [2.05, 4.69) is 0 Å². The van der Waals surface area contributed by atoms with Gasteiger partial charge < -0.3 is 4.74 Å². The predicted octanol–water partition coefficient (Wildman–Crippen LogP) is 1.18. The summed E-state index contributed by atoms with van der Waals surface area (Å²) in [6.45, 7) is 4.32. The van der Waals surface area contributed by atoms with Gasteiger partial charge in [0.15, 0.2) is 0 Å². The average Bonchev–Trinajstić information content (AvgIpc) is 2.93. The van der Waals surface area contributed by atoms with Crippen LogP contribution >= 0.6 is 0 Å². The number of ether oxygens (including phenoxy) is 1. The fraction of sp³-hybridized carbons (Fsp3) is 0.500. The molecule has 108 valence electrons. The molecule has 1 aromatic rings. The first-order chi connectivity index (χ1) is 9.39. The lowest BCUT2D eigenvalue weighted by Gasteiger charge is -2.18. The van der Waals surface area contributed by atoms with Crippen molar-refractivity contribution >= 4 is 16.0 Å². The molecule has 0 N–H and O–H groups in total. The van der Waals surface area contributed by atoms with Gasteiger partial charge in [0, 0.05) is 19.0 Å². The second-order valence-corrected chi connectivity index (χ2v) is 7.49. The van der Waals surface area contributed by atoms with Crippen LogP contribution in [0, 0.1) is 18.8 Å². The minimum atomic E-state index is -3.52. The summed E-state index contributed by atoms with van der Waals surface area (Å²) >= 11 is 0. The topological polar surface area (TPSA) is 63.7 Å². The monoisotopic (exact) mass is 295 g/mol. The minimum Gasteiger partial charge on any atom is -0.462 e. The molecule has 2 aliphatic heterocycles. The van der Waals surface area contributed by atoms with Crippen molar-refractivity contribution < 1.29 is 17.9 Å². The Kier molecular flexibility index (Phi) is 3.10. The van der Waals surface area contributed by atoms with Crippen LogP contribution in [0.25, 0.3) is 0 Å². The molecule has 2 aliphatic rings. The fourth-order valence-corrected chi connectivity index (χ4v) is 4.43. The SMILES string of the molecule is Cc1ccc(S(=O)(=O)N2C[C@@H]3[C@H](C)OC(=O)[C@@H]3C2)cc1. The summed E-state index contributed by atoms with van der Waals surface area (Å²) in [5, 5.41) is 0. The fourth-order valence-electron chi connectivity index (χ4n) is 2.93. The second-order valence-electron chi connectivity index (χ2n) is 5.55. The number of hydrogen-bond donors (Lipinski definition) is 0. The Morgan fingerprint density at radius 1 is 1.20 bits per heavy atom. The zero-order chi connectivity index (χ0) is 14.5. The number of rotatable bonds is 2. The Bertz CT molecular complexity index is 638. The van der Waals surface area contributed by atoms with Gasteiger partial charge in [-0.3, -0.25) is 4.79 Å². The first-order valence-corrected chi connectivity index (χ1v) is 8.11. The normalized spacial score (nSPS) is 30.3. The molecule has 1 aromatic carbocycles. The van der Waals surface area contributed by atoms with E-state index in [1.165, 1.54) is 4.31 Å². The van der Waals surface area contributed by atoms with E-state index >= 15 is 0 Å². The van der Waals surface area contributed by atoms with Crippen LogP contribution in [0.2, 0.25) is 0 Å². The zero-order valence-electron chi connectivity index (χ0n) is 11.4. The van der Waals surface area contributed by atoms with Crippen molar-refractivity contribution in [2.24, 2.45) is 11.8 Å². The quantitative estimate of drug-likeness (QED) is 0.769. The molecule has 2 heterocycles. The Balaban J connectivity index is 1.87. The van der Waals surface area contributed by atoms with E-state index < -0.39 is 10.0 Å². The van der Waals surface area contributed by atoms with E-state index in [1.807, 2.05) is 13.8 Å². The molecular weight excluding hydrogens is 278 g/mol. The van der Waals surface area contributed by atoms with Gasteiger partial charge in [-0.05, 0) is 26.0 Å². The molecule has 5 nitrogen and oxygen atoms in total. The van der Waals surface area contributed by atoms with Crippen LogP contribution in [0.3, 0.4) is 0 Å². The number of sulfonamides is 1. The highest BCUT2D eigenvalue weighted by molar-refractivity contribution is 7.89. The molecule has 3 rings (SSSR count). The molecular formula is C14H17NO4S. The number of nitrogens with zero attached hydrogens (tertiary/aromatic N) is 1. The third-order valence-electron chi connectivity index (χ3n) is 4.20. The lowest BCUT2D eigenvalue weighted by Crippen LogP contribution is -2.31. The van der Waals surface area contributed by atoms with Crippen LogP contribution in [0.15, 0.2) is 29.2 Å². The molecule has 0 unspecified atom stereocenters. The molecule has 20 heavy (non-hydrogen) atoms. The van der Waals surface area contributed by atoms with Gasteiger partial charge in [0.1, 0.15) is 6.10 Å². The standard InChI is InChI=1S/C14H17NO4S/c1-9-3-5-11(6-4-9)20(17,18)15-7-12-10(2)19-14(16)13(12)8-15/h3-6,10,12-13H,7-8H2,1-2H3/t10-,12+,13+/m0/s1. The summed E-state index contributed by atoms with van der Waals surface area (Å²) in [6.07, 6.45) is -0.203. The summed E-state index contributed by atoms with van der Waals surface area (Å²) in [5.41, 5.74) is 1.01. The number of carbonyl (C=O) groups is 1. The van der Waals surface area contributed by atoms with Gasteiger partial charge in [0.05, 0.1) is 10.8 Å². The lowest BCUT2D eigenvalue weighted by atomic mass is 9.95. The first kappa shape index (κ1) is 13.6. The maximum atomic E-state index is 12.6. The molecule has 3 atom stereocenters. The van der Waals surface area contributed by atoms with E-state index in [0.717, 1.165) is 5.56 Å². The van der Waals surface area contributed by atoms with E-state index in [4.69, 9.17) is 4.74 Å². The van der Waals surface area contributed by atoms with Crippen molar-refractivity contribution in [2.45, 2.75) is 24.8 Å². The number of hydrogen-bond acceptors (Lipinski definition) is 4. The summed E-state index contributed by atoms with van der Waals surface area (Å²) in [7, 11) is -3.52. The number of fused-ring (bicyclic) bond motifs is 1. The number of carbonyl (C=O) groups excluding carboxylic acids is 1. The molecule has 0 saturated carbocycles.